The molecule has 0 spiro atoms. The van der Waals surface area contributed by atoms with Gasteiger partial charge in [-0.2, -0.15) is 0 Å². The van der Waals surface area contributed by atoms with Crippen LogP contribution in [0.25, 0.3) is 0 Å². The normalized spacial score (nSPS) is 22.8. The van der Waals surface area contributed by atoms with Gasteiger partial charge in [-0.25, -0.2) is 0 Å². The molecule has 0 amide bonds. The summed E-state index contributed by atoms with van der Waals surface area (Å²) in [6.07, 6.45) is 20.5. The molecular formula is C13H24. The van der Waals surface area contributed by atoms with Gasteiger partial charge in [0.25, 0.3) is 0 Å². The van der Waals surface area contributed by atoms with Crippen molar-refractivity contribution < 1.29 is 0 Å². The number of hydrogen-bond donors (Lipinski definition) is 0. The molecule has 1 aliphatic carbocycles. The minimum atomic E-state index is 1.32. The fraction of sp³-hybridized carbons (Fsp3) is 0.846. The first-order chi connectivity index (χ1) is 6.50. The van der Waals surface area contributed by atoms with Crippen LogP contribution in [0, 0.1) is 0 Å². The fourth-order valence-electron chi connectivity index (χ4n) is 2.00. The van der Waals surface area contributed by atoms with Crippen molar-refractivity contribution in [3.8, 4) is 0 Å². The van der Waals surface area contributed by atoms with Gasteiger partial charge in [-0.05, 0) is 25.7 Å². The molecule has 0 saturated carbocycles. The summed E-state index contributed by atoms with van der Waals surface area (Å²) < 4.78 is 0. The Morgan fingerprint density at radius 2 is 0.692 bits per heavy atom. The second kappa shape index (κ2) is 8.34. The lowest BCUT2D eigenvalue weighted by Gasteiger charge is -1.99. The van der Waals surface area contributed by atoms with Gasteiger partial charge < -0.3 is 0 Å². The molecular weight excluding hydrogens is 156 g/mol. The maximum Gasteiger partial charge on any atom is -0.0351 e. The molecule has 0 heteroatoms. The Kier molecular flexibility index (Phi) is 6.94. The van der Waals surface area contributed by atoms with Gasteiger partial charge in [0.2, 0.25) is 0 Å². The molecule has 1 rings (SSSR count). The number of allylic oxidation sites excluding steroid dienone is 2. The summed E-state index contributed by atoms with van der Waals surface area (Å²) in [4.78, 5) is 0. The molecule has 0 bridgehead atoms. The van der Waals surface area contributed by atoms with Gasteiger partial charge in [0.05, 0.1) is 0 Å². The lowest BCUT2D eigenvalue weighted by molar-refractivity contribution is 0.564. The van der Waals surface area contributed by atoms with E-state index in [1.54, 1.807) is 0 Å². The lowest BCUT2D eigenvalue weighted by Crippen LogP contribution is -1.80. The van der Waals surface area contributed by atoms with Crippen LogP contribution in [-0.4, -0.2) is 0 Å². The van der Waals surface area contributed by atoms with Crippen molar-refractivity contribution >= 4 is 0 Å². The lowest BCUT2D eigenvalue weighted by atomic mass is 10.1. The highest BCUT2D eigenvalue weighted by atomic mass is 14.0. The zero-order valence-corrected chi connectivity index (χ0v) is 8.93. The summed E-state index contributed by atoms with van der Waals surface area (Å²) in [6, 6.07) is 0. The summed E-state index contributed by atoms with van der Waals surface area (Å²) in [5.74, 6) is 0. The highest BCUT2D eigenvalue weighted by Gasteiger charge is 1.93. The van der Waals surface area contributed by atoms with Crippen LogP contribution in [0.15, 0.2) is 12.2 Å². The second-order valence-electron chi connectivity index (χ2n) is 4.23. The molecule has 0 radical (unpaired) electrons. The summed E-state index contributed by atoms with van der Waals surface area (Å²) >= 11 is 0. The van der Waals surface area contributed by atoms with Crippen LogP contribution in [0.1, 0.15) is 70.6 Å². The summed E-state index contributed by atoms with van der Waals surface area (Å²) in [6.45, 7) is 0. The smallest absolute Gasteiger partial charge is 0.0351 e. The highest BCUT2D eigenvalue weighted by molar-refractivity contribution is 4.81. The summed E-state index contributed by atoms with van der Waals surface area (Å²) in [5, 5.41) is 0. The third-order valence-electron chi connectivity index (χ3n) is 2.91. The standard InChI is InChI=1S/C13H24/c1-2-4-6-8-10-12-13-11-9-7-5-3-1/h1-2H,3-13H2. The SMILES string of the molecule is C1=CCCCCCCCCCCC1. The Morgan fingerprint density at radius 3 is 1.08 bits per heavy atom. The Morgan fingerprint density at radius 1 is 0.385 bits per heavy atom. The van der Waals surface area contributed by atoms with E-state index in [9.17, 15) is 0 Å². The summed E-state index contributed by atoms with van der Waals surface area (Å²) in [5.41, 5.74) is 0. The molecule has 0 aromatic heterocycles. The van der Waals surface area contributed by atoms with Gasteiger partial charge in [-0.1, -0.05) is 57.1 Å². The van der Waals surface area contributed by atoms with Crippen LogP contribution in [0.5, 0.6) is 0 Å². The quantitative estimate of drug-likeness (QED) is 0.468. The van der Waals surface area contributed by atoms with Crippen LogP contribution < -0.4 is 0 Å². The van der Waals surface area contributed by atoms with Crippen LogP contribution in [0.2, 0.25) is 0 Å². The molecule has 1 aliphatic rings. The predicted molar refractivity (Wildman–Crippen MR) is 59.9 cm³/mol. The maximum atomic E-state index is 2.39. The third-order valence-corrected chi connectivity index (χ3v) is 2.91. The minimum Gasteiger partial charge on any atom is -0.0885 e. The number of rotatable bonds is 0. The number of hydrogen-bond acceptors (Lipinski definition) is 0. The van der Waals surface area contributed by atoms with Crippen LogP contribution in [0.4, 0.5) is 0 Å². The molecule has 0 nitrogen and oxygen atoms in total. The van der Waals surface area contributed by atoms with Crippen molar-refractivity contribution in [2.75, 3.05) is 0 Å². The zero-order valence-electron chi connectivity index (χ0n) is 8.93. The van der Waals surface area contributed by atoms with Gasteiger partial charge in [-0.15, -0.1) is 0 Å². The van der Waals surface area contributed by atoms with E-state index < -0.39 is 0 Å². The predicted octanol–water partition coefficient (Wildman–Crippen LogP) is 4.85. The molecule has 0 aromatic rings. The van der Waals surface area contributed by atoms with Gasteiger partial charge in [0.1, 0.15) is 0 Å². The van der Waals surface area contributed by atoms with Crippen molar-refractivity contribution in [1.29, 1.82) is 0 Å². The van der Waals surface area contributed by atoms with Crippen molar-refractivity contribution in [3.63, 3.8) is 0 Å². The highest BCUT2D eigenvalue weighted by Crippen LogP contribution is 2.13. The van der Waals surface area contributed by atoms with E-state index in [1.807, 2.05) is 0 Å². The van der Waals surface area contributed by atoms with Crippen molar-refractivity contribution in [3.05, 3.63) is 12.2 Å². The third kappa shape index (κ3) is 6.86. The van der Waals surface area contributed by atoms with E-state index >= 15 is 0 Å². The molecule has 0 N–H and O–H groups in total. The minimum absolute atomic E-state index is 1.32. The molecule has 0 unspecified atom stereocenters. The van der Waals surface area contributed by atoms with E-state index in [1.165, 1.54) is 70.6 Å². The van der Waals surface area contributed by atoms with Crippen LogP contribution >= 0.6 is 0 Å². The van der Waals surface area contributed by atoms with Crippen molar-refractivity contribution in [2.24, 2.45) is 0 Å². The molecule has 0 atom stereocenters. The van der Waals surface area contributed by atoms with Crippen LogP contribution in [-0.2, 0) is 0 Å². The fourth-order valence-corrected chi connectivity index (χ4v) is 2.00. The average Bonchev–Trinajstić information content (AvgIpc) is 2.18. The van der Waals surface area contributed by atoms with E-state index in [0.29, 0.717) is 0 Å². The van der Waals surface area contributed by atoms with Crippen LogP contribution in [0.3, 0.4) is 0 Å². The average molecular weight is 180 g/mol. The molecule has 0 heterocycles. The van der Waals surface area contributed by atoms with Gasteiger partial charge >= 0.3 is 0 Å². The molecule has 0 aromatic carbocycles. The molecule has 0 saturated heterocycles. The molecule has 76 valence electrons. The van der Waals surface area contributed by atoms with E-state index in [4.69, 9.17) is 0 Å². The largest absolute Gasteiger partial charge is 0.0885 e. The first kappa shape index (κ1) is 10.8. The second-order valence-corrected chi connectivity index (χ2v) is 4.23. The maximum absolute atomic E-state index is 2.39. The Bertz CT molecular complexity index is 110. The molecule has 0 aliphatic heterocycles. The summed E-state index contributed by atoms with van der Waals surface area (Å²) in [7, 11) is 0. The van der Waals surface area contributed by atoms with Crippen molar-refractivity contribution in [1.82, 2.24) is 0 Å². The Hall–Kier alpha value is -0.260. The first-order valence-electron chi connectivity index (χ1n) is 6.15. The van der Waals surface area contributed by atoms with Gasteiger partial charge in [-0.3, -0.25) is 0 Å². The van der Waals surface area contributed by atoms with E-state index in [0.717, 1.165) is 0 Å². The van der Waals surface area contributed by atoms with Gasteiger partial charge in [0.15, 0.2) is 0 Å². The molecule has 0 fully saturated rings. The monoisotopic (exact) mass is 180 g/mol. The topological polar surface area (TPSA) is 0 Å². The Balaban J connectivity index is 2.09. The van der Waals surface area contributed by atoms with E-state index in [2.05, 4.69) is 12.2 Å². The molecule has 13 heavy (non-hydrogen) atoms. The zero-order chi connectivity index (χ0) is 9.19. The van der Waals surface area contributed by atoms with E-state index in [-0.39, 0.29) is 0 Å². The van der Waals surface area contributed by atoms with Crippen molar-refractivity contribution in [2.45, 2.75) is 70.6 Å². The van der Waals surface area contributed by atoms with Gasteiger partial charge in [0, 0.05) is 0 Å². The first-order valence-corrected chi connectivity index (χ1v) is 6.15. The Labute approximate surface area is 83.4 Å².